The maximum Gasteiger partial charge on any atom is 0.291 e. The first-order chi connectivity index (χ1) is 10.1. The number of carbonyl (C=O) groups is 1. The van der Waals surface area contributed by atoms with Crippen LogP contribution in [0.2, 0.25) is 0 Å². The maximum atomic E-state index is 13.6. The first kappa shape index (κ1) is 13.1. The molecule has 0 spiro atoms. The Morgan fingerprint density at radius 1 is 1.14 bits per heavy atom. The number of anilines is 2. The van der Waals surface area contributed by atoms with E-state index in [0.29, 0.717) is 5.58 Å². The molecule has 0 aliphatic carbocycles. The predicted molar refractivity (Wildman–Crippen MR) is 74.9 cm³/mol. The Balaban J connectivity index is 1.95. The lowest BCUT2D eigenvalue weighted by Gasteiger charge is -2.08. The van der Waals surface area contributed by atoms with Gasteiger partial charge in [-0.2, -0.15) is 0 Å². The molecule has 0 radical (unpaired) electrons. The Morgan fingerprint density at radius 3 is 2.67 bits per heavy atom. The Hall–Kier alpha value is -2.89. The van der Waals surface area contributed by atoms with E-state index < -0.39 is 23.2 Å². The van der Waals surface area contributed by atoms with Gasteiger partial charge in [-0.15, -0.1) is 0 Å². The third-order valence-electron chi connectivity index (χ3n) is 3.01. The summed E-state index contributed by atoms with van der Waals surface area (Å²) in [6.07, 6.45) is 0. The van der Waals surface area contributed by atoms with Crippen molar-refractivity contribution < 1.29 is 18.0 Å². The van der Waals surface area contributed by atoms with E-state index in [2.05, 4.69) is 5.32 Å². The number of hydrogen-bond acceptors (Lipinski definition) is 3. The van der Waals surface area contributed by atoms with Gasteiger partial charge in [0.05, 0.1) is 5.69 Å². The summed E-state index contributed by atoms with van der Waals surface area (Å²) in [5.41, 5.74) is 5.59. The molecule has 0 atom stereocenters. The van der Waals surface area contributed by atoms with Gasteiger partial charge in [-0.25, -0.2) is 8.78 Å². The summed E-state index contributed by atoms with van der Waals surface area (Å²) >= 11 is 0. The van der Waals surface area contributed by atoms with Crippen LogP contribution in [0, 0.1) is 11.6 Å². The van der Waals surface area contributed by atoms with E-state index in [1.165, 1.54) is 12.1 Å². The summed E-state index contributed by atoms with van der Waals surface area (Å²) in [5, 5.41) is 2.96. The molecule has 106 valence electrons. The van der Waals surface area contributed by atoms with Crippen LogP contribution in [0.3, 0.4) is 0 Å². The molecule has 0 saturated heterocycles. The molecule has 3 aromatic rings. The summed E-state index contributed by atoms with van der Waals surface area (Å²) in [5.74, 6) is -3.02. The minimum Gasteiger partial charge on any atom is -0.451 e. The number of carbonyl (C=O) groups excluding carboxylic acids is 1. The van der Waals surface area contributed by atoms with Crippen LogP contribution in [0.4, 0.5) is 20.2 Å². The Labute approximate surface area is 118 Å². The number of benzene rings is 2. The van der Waals surface area contributed by atoms with Crippen LogP contribution in [0.25, 0.3) is 11.0 Å². The summed E-state index contributed by atoms with van der Waals surface area (Å²) in [6, 6.07) is 10.6. The lowest BCUT2D eigenvalue weighted by molar-refractivity contribution is 0.0998. The lowest BCUT2D eigenvalue weighted by atomic mass is 10.2. The SMILES string of the molecule is Nc1ccc(F)c(F)c1NC(=O)c1cc2ccccc2o1. The molecule has 0 saturated carbocycles. The molecule has 0 aliphatic rings. The van der Waals surface area contributed by atoms with Crippen LogP contribution < -0.4 is 11.1 Å². The van der Waals surface area contributed by atoms with Gasteiger partial charge in [0.25, 0.3) is 5.91 Å². The van der Waals surface area contributed by atoms with E-state index >= 15 is 0 Å². The minimum atomic E-state index is -1.21. The molecule has 1 aromatic heterocycles. The van der Waals surface area contributed by atoms with Crippen molar-refractivity contribution >= 4 is 28.3 Å². The van der Waals surface area contributed by atoms with Crippen molar-refractivity contribution in [2.75, 3.05) is 11.1 Å². The number of amides is 1. The predicted octanol–water partition coefficient (Wildman–Crippen LogP) is 3.55. The van der Waals surface area contributed by atoms with Crippen molar-refractivity contribution in [3.63, 3.8) is 0 Å². The number of para-hydroxylation sites is 1. The van der Waals surface area contributed by atoms with Gasteiger partial charge in [-0.05, 0) is 24.3 Å². The average molecular weight is 288 g/mol. The van der Waals surface area contributed by atoms with Crippen molar-refractivity contribution in [1.82, 2.24) is 0 Å². The molecule has 2 aromatic carbocycles. The van der Waals surface area contributed by atoms with Crippen LogP contribution in [0.5, 0.6) is 0 Å². The Morgan fingerprint density at radius 2 is 1.90 bits per heavy atom. The van der Waals surface area contributed by atoms with Gasteiger partial charge < -0.3 is 15.5 Å². The highest BCUT2D eigenvalue weighted by atomic mass is 19.2. The van der Waals surface area contributed by atoms with Crippen LogP contribution in [0.1, 0.15) is 10.6 Å². The van der Waals surface area contributed by atoms with Crippen molar-refractivity contribution in [2.24, 2.45) is 0 Å². The number of furan rings is 1. The maximum absolute atomic E-state index is 13.6. The molecule has 21 heavy (non-hydrogen) atoms. The highest BCUT2D eigenvalue weighted by Crippen LogP contribution is 2.26. The number of nitrogen functional groups attached to an aromatic ring is 1. The minimum absolute atomic E-state index is 0.0146. The fraction of sp³-hybridized carbons (Fsp3) is 0. The molecule has 0 aliphatic heterocycles. The first-order valence-corrected chi connectivity index (χ1v) is 6.09. The fourth-order valence-electron chi connectivity index (χ4n) is 1.96. The second kappa shape index (κ2) is 4.90. The molecule has 4 nitrogen and oxygen atoms in total. The third kappa shape index (κ3) is 2.31. The van der Waals surface area contributed by atoms with E-state index in [4.69, 9.17) is 10.2 Å². The van der Waals surface area contributed by atoms with Gasteiger partial charge in [-0.3, -0.25) is 4.79 Å². The lowest BCUT2D eigenvalue weighted by Crippen LogP contribution is -2.14. The molecular weight excluding hydrogens is 278 g/mol. The van der Waals surface area contributed by atoms with Crippen LogP contribution in [0.15, 0.2) is 46.9 Å². The van der Waals surface area contributed by atoms with E-state index in [1.54, 1.807) is 24.3 Å². The molecular formula is C15H10F2N2O2. The monoisotopic (exact) mass is 288 g/mol. The molecule has 1 amide bonds. The zero-order valence-corrected chi connectivity index (χ0v) is 10.7. The van der Waals surface area contributed by atoms with Gasteiger partial charge in [-0.1, -0.05) is 18.2 Å². The third-order valence-corrected chi connectivity index (χ3v) is 3.01. The summed E-state index contributed by atoms with van der Waals surface area (Å²) < 4.78 is 32.2. The standard InChI is InChI=1S/C15H10F2N2O2/c16-9-5-6-10(18)14(13(9)17)19-15(20)12-7-8-3-1-2-4-11(8)21-12/h1-7H,18H2,(H,19,20). The topological polar surface area (TPSA) is 68.3 Å². The highest BCUT2D eigenvalue weighted by molar-refractivity contribution is 6.06. The van der Waals surface area contributed by atoms with E-state index in [-0.39, 0.29) is 11.4 Å². The zero-order valence-electron chi connectivity index (χ0n) is 10.7. The van der Waals surface area contributed by atoms with E-state index in [0.717, 1.165) is 11.5 Å². The van der Waals surface area contributed by atoms with Crippen LogP contribution in [-0.2, 0) is 0 Å². The van der Waals surface area contributed by atoms with Gasteiger partial charge >= 0.3 is 0 Å². The van der Waals surface area contributed by atoms with Gasteiger partial charge in [0.15, 0.2) is 17.4 Å². The van der Waals surface area contributed by atoms with Crippen molar-refractivity contribution in [3.05, 3.63) is 59.9 Å². The van der Waals surface area contributed by atoms with Crippen molar-refractivity contribution in [2.45, 2.75) is 0 Å². The number of fused-ring (bicyclic) bond motifs is 1. The number of nitrogens with two attached hydrogens (primary N) is 1. The molecule has 3 rings (SSSR count). The molecule has 0 fully saturated rings. The summed E-state index contributed by atoms with van der Waals surface area (Å²) in [6.45, 7) is 0. The molecule has 0 bridgehead atoms. The van der Waals surface area contributed by atoms with Gasteiger partial charge in [0, 0.05) is 5.39 Å². The quantitative estimate of drug-likeness (QED) is 0.709. The van der Waals surface area contributed by atoms with Gasteiger partial charge in [0.2, 0.25) is 0 Å². The smallest absolute Gasteiger partial charge is 0.291 e. The van der Waals surface area contributed by atoms with Crippen LogP contribution >= 0.6 is 0 Å². The summed E-state index contributed by atoms with van der Waals surface area (Å²) in [4.78, 5) is 12.0. The molecule has 0 unspecified atom stereocenters. The first-order valence-electron chi connectivity index (χ1n) is 6.09. The Kier molecular flexibility index (Phi) is 3.06. The molecule has 6 heteroatoms. The molecule has 1 heterocycles. The second-order valence-corrected chi connectivity index (χ2v) is 4.43. The average Bonchev–Trinajstić information content (AvgIpc) is 2.91. The van der Waals surface area contributed by atoms with Crippen molar-refractivity contribution in [3.8, 4) is 0 Å². The molecule has 3 N–H and O–H groups in total. The number of hydrogen-bond donors (Lipinski definition) is 2. The zero-order chi connectivity index (χ0) is 15.0. The van der Waals surface area contributed by atoms with E-state index in [1.807, 2.05) is 0 Å². The van der Waals surface area contributed by atoms with Crippen molar-refractivity contribution in [1.29, 1.82) is 0 Å². The van der Waals surface area contributed by atoms with Crippen LogP contribution in [-0.4, -0.2) is 5.91 Å². The fourth-order valence-corrected chi connectivity index (χ4v) is 1.96. The largest absolute Gasteiger partial charge is 0.451 e. The normalized spacial score (nSPS) is 10.8. The number of halogens is 2. The number of nitrogens with one attached hydrogen (secondary N) is 1. The number of rotatable bonds is 2. The van der Waals surface area contributed by atoms with E-state index in [9.17, 15) is 13.6 Å². The summed E-state index contributed by atoms with van der Waals surface area (Å²) in [7, 11) is 0. The Bertz CT molecular complexity index is 810. The second-order valence-electron chi connectivity index (χ2n) is 4.43. The van der Waals surface area contributed by atoms with Gasteiger partial charge in [0.1, 0.15) is 11.3 Å². The highest BCUT2D eigenvalue weighted by Gasteiger charge is 2.18.